The highest BCUT2D eigenvalue weighted by molar-refractivity contribution is 9.12. The SMILES string of the molecule is O=C(O)CCN1C(=O)[C@H]2[C@H](CC=C3[C@H](c4ccccc4O)C4=C(C[C@H]32)C(=O)C(Br)=CC4=O)C1=O. The number of phenols is 1. The fourth-order valence-corrected chi connectivity index (χ4v) is 6.23. The van der Waals surface area contributed by atoms with Crippen molar-refractivity contribution in [2.45, 2.75) is 25.2 Å². The molecule has 9 heteroatoms. The molecule has 0 aromatic heterocycles. The molecule has 2 amide bonds. The summed E-state index contributed by atoms with van der Waals surface area (Å²) in [4.78, 5) is 64.6. The Hall–Kier alpha value is -3.33. The third-order valence-electron chi connectivity index (χ3n) is 7.22. The highest BCUT2D eigenvalue weighted by Gasteiger charge is 2.56. The predicted molar refractivity (Wildman–Crippen MR) is 122 cm³/mol. The zero-order valence-corrected chi connectivity index (χ0v) is 19.4. The molecule has 4 aliphatic rings. The number of aromatic hydroxyl groups is 1. The van der Waals surface area contributed by atoms with Crippen LogP contribution in [-0.2, 0) is 24.0 Å². The largest absolute Gasteiger partial charge is 0.508 e. The van der Waals surface area contributed by atoms with E-state index in [0.717, 1.165) is 10.5 Å². The summed E-state index contributed by atoms with van der Waals surface area (Å²) in [5.74, 6) is -5.33. The molecule has 1 aromatic carbocycles. The Labute approximate surface area is 202 Å². The summed E-state index contributed by atoms with van der Waals surface area (Å²) in [7, 11) is 0. The van der Waals surface area contributed by atoms with Crippen LogP contribution in [0.25, 0.3) is 0 Å². The molecule has 0 unspecified atom stereocenters. The number of hydrogen-bond donors (Lipinski definition) is 2. The fourth-order valence-electron chi connectivity index (χ4n) is 5.79. The monoisotopic (exact) mass is 525 g/mol. The number of phenolic OH excluding ortho intramolecular Hbond substituents is 1. The van der Waals surface area contributed by atoms with Crippen molar-refractivity contribution in [3.05, 3.63) is 63.2 Å². The number of allylic oxidation sites excluding steroid dienone is 6. The highest BCUT2D eigenvalue weighted by Crippen LogP contribution is 2.56. The number of aliphatic carboxylic acids is 1. The second-order valence-electron chi connectivity index (χ2n) is 8.92. The molecule has 0 spiro atoms. The maximum Gasteiger partial charge on any atom is 0.305 e. The van der Waals surface area contributed by atoms with Crippen molar-refractivity contribution < 1.29 is 34.2 Å². The molecule has 1 aromatic rings. The predicted octanol–water partition coefficient (Wildman–Crippen LogP) is 2.63. The van der Waals surface area contributed by atoms with Crippen molar-refractivity contribution >= 4 is 45.3 Å². The number of imide groups is 1. The van der Waals surface area contributed by atoms with E-state index in [1.165, 1.54) is 12.1 Å². The Kier molecular flexibility index (Phi) is 5.39. The molecule has 174 valence electrons. The molecular formula is C25H20BrNO7. The first-order valence-corrected chi connectivity index (χ1v) is 11.7. The van der Waals surface area contributed by atoms with Gasteiger partial charge in [0.2, 0.25) is 11.8 Å². The molecule has 4 atom stereocenters. The van der Waals surface area contributed by atoms with Crippen LogP contribution < -0.4 is 0 Å². The summed E-state index contributed by atoms with van der Waals surface area (Å²) in [5, 5.41) is 19.7. The topological polar surface area (TPSA) is 129 Å². The van der Waals surface area contributed by atoms with E-state index in [-0.39, 0.29) is 58.8 Å². The Balaban J connectivity index is 1.63. The number of likely N-dealkylation sites (tertiary alicyclic amines) is 1. The Bertz CT molecular complexity index is 1270. The van der Waals surface area contributed by atoms with Crippen molar-refractivity contribution in [2.75, 3.05) is 6.54 Å². The van der Waals surface area contributed by atoms with E-state index >= 15 is 0 Å². The minimum Gasteiger partial charge on any atom is -0.508 e. The number of amides is 2. The van der Waals surface area contributed by atoms with Gasteiger partial charge in [0.25, 0.3) is 0 Å². The third kappa shape index (κ3) is 3.29. The maximum absolute atomic E-state index is 13.3. The van der Waals surface area contributed by atoms with Gasteiger partial charge in [-0.25, -0.2) is 0 Å². The maximum atomic E-state index is 13.3. The van der Waals surface area contributed by atoms with E-state index < -0.39 is 41.5 Å². The van der Waals surface area contributed by atoms with Gasteiger partial charge in [-0.15, -0.1) is 0 Å². The van der Waals surface area contributed by atoms with Crippen LogP contribution in [0.15, 0.2) is 57.6 Å². The normalized spacial score (nSPS) is 28.3. The van der Waals surface area contributed by atoms with Gasteiger partial charge < -0.3 is 10.2 Å². The summed E-state index contributed by atoms with van der Waals surface area (Å²) in [6.07, 6.45) is 3.12. The number of rotatable bonds is 4. The van der Waals surface area contributed by atoms with Gasteiger partial charge >= 0.3 is 5.97 Å². The summed E-state index contributed by atoms with van der Waals surface area (Å²) in [6.45, 7) is -0.204. The van der Waals surface area contributed by atoms with Crippen LogP contribution in [0.3, 0.4) is 0 Å². The number of nitrogens with zero attached hydrogens (tertiary/aromatic N) is 1. The number of hydrogen-bond acceptors (Lipinski definition) is 6. The molecule has 1 heterocycles. The molecule has 0 saturated carbocycles. The smallest absolute Gasteiger partial charge is 0.305 e. The van der Waals surface area contributed by atoms with Crippen LogP contribution in [0, 0.1) is 17.8 Å². The minimum absolute atomic E-state index is 0.0335. The molecule has 3 aliphatic carbocycles. The number of fused-ring (bicyclic) bond motifs is 3. The molecule has 8 nitrogen and oxygen atoms in total. The lowest BCUT2D eigenvalue weighted by Gasteiger charge is -2.42. The lowest BCUT2D eigenvalue weighted by Crippen LogP contribution is -2.39. The van der Waals surface area contributed by atoms with E-state index in [1.807, 2.05) is 6.08 Å². The number of ketones is 2. The minimum atomic E-state index is -1.11. The van der Waals surface area contributed by atoms with E-state index in [9.17, 15) is 29.1 Å². The molecule has 0 bridgehead atoms. The summed E-state index contributed by atoms with van der Waals surface area (Å²) < 4.78 is 0.129. The summed E-state index contributed by atoms with van der Waals surface area (Å²) in [6, 6.07) is 6.57. The summed E-state index contributed by atoms with van der Waals surface area (Å²) >= 11 is 3.16. The number of Topliss-reactive ketones (excluding diaryl/α,β-unsaturated/α-hetero) is 1. The Morgan fingerprint density at radius 2 is 1.82 bits per heavy atom. The number of carbonyl (C=O) groups is 5. The van der Waals surface area contributed by atoms with Crippen molar-refractivity contribution in [3.8, 4) is 5.75 Å². The number of para-hydroxylation sites is 1. The van der Waals surface area contributed by atoms with E-state index in [4.69, 9.17) is 5.11 Å². The van der Waals surface area contributed by atoms with Crippen molar-refractivity contribution in [1.82, 2.24) is 4.90 Å². The standard InChI is InChI=1S/C25H20BrNO7/c26-16-10-18(29)22-15(23(16)32)9-14-11(20(22)12-3-1-2-4-17(12)28)5-6-13-21(14)25(34)27(24(13)33)8-7-19(30)31/h1-5,10,13-14,20-21,28H,6-9H2,(H,30,31)/t13-,14+,20+,21-/m0/s1. The van der Waals surface area contributed by atoms with Gasteiger partial charge in [0.15, 0.2) is 11.6 Å². The number of carboxylic acid groups (broad SMARTS) is 1. The molecule has 34 heavy (non-hydrogen) atoms. The van der Waals surface area contributed by atoms with Crippen LogP contribution in [0.4, 0.5) is 0 Å². The van der Waals surface area contributed by atoms with Crippen LogP contribution in [-0.4, -0.2) is 51.0 Å². The second-order valence-corrected chi connectivity index (χ2v) is 9.78. The molecular weight excluding hydrogens is 506 g/mol. The molecule has 0 radical (unpaired) electrons. The van der Waals surface area contributed by atoms with Gasteiger partial charge in [0, 0.05) is 35.2 Å². The van der Waals surface area contributed by atoms with Crippen molar-refractivity contribution in [2.24, 2.45) is 17.8 Å². The van der Waals surface area contributed by atoms with E-state index in [0.29, 0.717) is 5.56 Å². The Morgan fingerprint density at radius 3 is 2.53 bits per heavy atom. The number of carbonyl (C=O) groups excluding carboxylic acids is 4. The van der Waals surface area contributed by atoms with Gasteiger partial charge in [0.1, 0.15) is 5.75 Å². The Morgan fingerprint density at radius 1 is 1.09 bits per heavy atom. The molecule has 5 rings (SSSR count). The number of halogens is 1. The lowest BCUT2D eigenvalue weighted by molar-refractivity contribution is -0.142. The zero-order valence-electron chi connectivity index (χ0n) is 17.9. The van der Waals surface area contributed by atoms with Gasteiger partial charge in [-0.3, -0.25) is 28.9 Å². The van der Waals surface area contributed by atoms with Gasteiger partial charge in [-0.1, -0.05) is 29.8 Å². The van der Waals surface area contributed by atoms with Crippen LogP contribution in [0.1, 0.15) is 30.7 Å². The second kappa shape index (κ2) is 8.16. The van der Waals surface area contributed by atoms with Crippen LogP contribution in [0.2, 0.25) is 0 Å². The van der Waals surface area contributed by atoms with E-state index in [1.54, 1.807) is 18.2 Å². The zero-order chi connectivity index (χ0) is 24.3. The van der Waals surface area contributed by atoms with Gasteiger partial charge in [-0.05, 0) is 40.8 Å². The van der Waals surface area contributed by atoms with Crippen molar-refractivity contribution in [3.63, 3.8) is 0 Å². The van der Waals surface area contributed by atoms with Gasteiger partial charge in [0.05, 0.1) is 22.7 Å². The van der Waals surface area contributed by atoms with Gasteiger partial charge in [-0.2, -0.15) is 0 Å². The third-order valence-corrected chi connectivity index (χ3v) is 7.81. The first kappa shape index (κ1) is 22.5. The molecule has 1 fully saturated rings. The quantitative estimate of drug-likeness (QED) is 0.351. The summed E-state index contributed by atoms with van der Waals surface area (Å²) in [5.41, 5.74) is 1.75. The van der Waals surface area contributed by atoms with E-state index in [2.05, 4.69) is 15.9 Å². The molecule has 1 aliphatic heterocycles. The average Bonchev–Trinajstić information content (AvgIpc) is 3.05. The highest BCUT2D eigenvalue weighted by atomic mass is 79.9. The number of carboxylic acids is 1. The first-order chi connectivity index (χ1) is 16.2. The van der Waals surface area contributed by atoms with Crippen molar-refractivity contribution in [1.29, 1.82) is 0 Å². The molecule has 1 saturated heterocycles. The lowest BCUT2D eigenvalue weighted by atomic mass is 9.59. The average molecular weight is 526 g/mol. The molecule has 2 N–H and O–H groups in total. The first-order valence-electron chi connectivity index (χ1n) is 10.9. The van der Waals surface area contributed by atoms with Crippen LogP contribution >= 0.6 is 15.9 Å². The number of benzene rings is 1. The van der Waals surface area contributed by atoms with Crippen LogP contribution in [0.5, 0.6) is 5.75 Å². The fraction of sp³-hybridized carbons (Fsp3) is 0.320.